The molecule has 0 saturated heterocycles. The van der Waals surface area contributed by atoms with Gasteiger partial charge in [0.1, 0.15) is 5.75 Å². The van der Waals surface area contributed by atoms with E-state index in [0.717, 1.165) is 12.1 Å². The van der Waals surface area contributed by atoms with E-state index in [4.69, 9.17) is 0 Å². The van der Waals surface area contributed by atoms with E-state index in [1.165, 1.54) is 6.07 Å². The Bertz CT molecular complexity index is 394. The van der Waals surface area contributed by atoms with Gasteiger partial charge in [-0.05, 0) is 18.9 Å². The van der Waals surface area contributed by atoms with Gasteiger partial charge in [0.15, 0.2) is 0 Å². The van der Waals surface area contributed by atoms with Gasteiger partial charge in [-0.3, -0.25) is 10.1 Å². The van der Waals surface area contributed by atoms with Crippen molar-refractivity contribution in [2.24, 2.45) is 0 Å². The van der Waals surface area contributed by atoms with Crippen LogP contribution in [0.1, 0.15) is 18.4 Å². The molecular formula is C10H10F2NO3. The van der Waals surface area contributed by atoms with Gasteiger partial charge in [-0.15, -0.1) is 0 Å². The monoisotopic (exact) mass is 230 g/mol. The highest BCUT2D eigenvalue weighted by molar-refractivity contribution is 5.45. The zero-order valence-electron chi connectivity index (χ0n) is 8.52. The first-order valence-corrected chi connectivity index (χ1v) is 4.48. The van der Waals surface area contributed by atoms with Gasteiger partial charge in [-0.1, -0.05) is 6.92 Å². The number of benzene rings is 1. The predicted molar refractivity (Wildman–Crippen MR) is 53.5 cm³/mol. The van der Waals surface area contributed by atoms with Crippen LogP contribution in [0.4, 0.5) is 14.5 Å². The fourth-order valence-corrected chi connectivity index (χ4v) is 1.24. The Balaban J connectivity index is 3.14. The van der Waals surface area contributed by atoms with Crippen molar-refractivity contribution >= 4 is 5.69 Å². The van der Waals surface area contributed by atoms with Crippen molar-refractivity contribution < 1.29 is 18.4 Å². The quantitative estimate of drug-likeness (QED) is 0.589. The average molecular weight is 230 g/mol. The number of non-ortho nitro benzene ring substituents is 1. The van der Waals surface area contributed by atoms with Crippen LogP contribution < -0.4 is 4.74 Å². The number of nitro benzene ring substituents is 1. The summed E-state index contributed by atoms with van der Waals surface area (Å²) in [6.07, 6.45) is 0. The molecule has 0 bridgehead atoms. The molecule has 0 N–H and O–H groups in total. The van der Waals surface area contributed by atoms with E-state index >= 15 is 0 Å². The van der Waals surface area contributed by atoms with Gasteiger partial charge in [-0.25, -0.2) is 0 Å². The molecule has 0 saturated carbocycles. The summed E-state index contributed by atoms with van der Waals surface area (Å²) in [5, 5.41) is 10.5. The van der Waals surface area contributed by atoms with Gasteiger partial charge in [0.25, 0.3) is 5.69 Å². The predicted octanol–water partition coefficient (Wildman–Crippen LogP) is 3.13. The zero-order chi connectivity index (χ0) is 12.3. The summed E-state index contributed by atoms with van der Waals surface area (Å²) < 4.78 is 28.3. The molecule has 0 amide bonds. The second-order valence-electron chi connectivity index (χ2n) is 3.26. The second kappa shape index (κ2) is 4.87. The van der Waals surface area contributed by atoms with Crippen molar-refractivity contribution in [2.75, 3.05) is 0 Å². The summed E-state index contributed by atoms with van der Waals surface area (Å²) in [7, 11) is 0. The van der Waals surface area contributed by atoms with Crippen LogP contribution in [0.2, 0.25) is 0 Å². The first kappa shape index (κ1) is 12.4. The number of ether oxygens (including phenoxy) is 1. The molecule has 1 rings (SSSR count). The maximum absolute atomic E-state index is 12.0. The van der Waals surface area contributed by atoms with Crippen molar-refractivity contribution in [3.8, 4) is 5.75 Å². The van der Waals surface area contributed by atoms with Crippen molar-refractivity contribution in [1.82, 2.24) is 0 Å². The summed E-state index contributed by atoms with van der Waals surface area (Å²) in [6.45, 7) is 2.31. The Kier molecular flexibility index (Phi) is 3.76. The minimum absolute atomic E-state index is 0.0805. The molecule has 0 aromatic heterocycles. The van der Waals surface area contributed by atoms with E-state index in [1.54, 1.807) is 6.92 Å². The standard InChI is InChI=1S/C10H10F2NO3/c1-6(2)8-5-7(13(14)15)3-4-9(8)16-10(11)12/h3-6,10H,1H2,2H3. The van der Waals surface area contributed by atoms with E-state index in [1.807, 2.05) is 0 Å². The van der Waals surface area contributed by atoms with Crippen molar-refractivity contribution in [1.29, 1.82) is 0 Å². The molecule has 0 spiro atoms. The second-order valence-corrected chi connectivity index (χ2v) is 3.26. The van der Waals surface area contributed by atoms with E-state index < -0.39 is 11.5 Å². The molecule has 0 fully saturated rings. The number of nitro groups is 1. The number of nitrogens with zero attached hydrogens (tertiary/aromatic N) is 1. The van der Waals surface area contributed by atoms with Crippen LogP contribution in [0.15, 0.2) is 18.2 Å². The molecule has 1 aromatic rings. The number of hydrogen-bond donors (Lipinski definition) is 0. The first-order chi connectivity index (χ1) is 7.41. The third kappa shape index (κ3) is 2.88. The van der Waals surface area contributed by atoms with Crippen molar-refractivity contribution in [3.63, 3.8) is 0 Å². The molecule has 4 nitrogen and oxygen atoms in total. The molecule has 1 radical (unpaired) electrons. The summed E-state index contributed by atoms with van der Waals surface area (Å²) >= 11 is 0. The molecule has 1 aromatic carbocycles. The van der Waals surface area contributed by atoms with Gasteiger partial charge in [0.2, 0.25) is 0 Å². The lowest BCUT2D eigenvalue weighted by atomic mass is 10.0. The minimum Gasteiger partial charge on any atom is -0.435 e. The van der Waals surface area contributed by atoms with E-state index in [-0.39, 0.29) is 22.9 Å². The molecule has 0 aliphatic rings. The van der Waals surface area contributed by atoms with E-state index in [0.29, 0.717) is 0 Å². The molecule has 16 heavy (non-hydrogen) atoms. The molecule has 1 unspecified atom stereocenters. The maximum Gasteiger partial charge on any atom is 0.387 e. The molecular weight excluding hydrogens is 220 g/mol. The number of alkyl halides is 2. The number of halogens is 2. The minimum atomic E-state index is -2.96. The Labute approximate surface area is 91.0 Å². The summed E-state index contributed by atoms with van der Waals surface area (Å²) in [4.78, 5) is 9.91. The van der Waals surface area contributed by atoms with E-state index in [2.05, 4.69) is 11.7 Å². The molecule has 1 atom stereocenters. The highest BCUT2D eigenvalue weighted by atomic mass is 19.3. The zero-order valence-corrected chi connectivity index (χ0v) is 8.52. The smallest absolute Gasteiger partial charge is 0.387 e. The molecule has 87 valence electrons. The fourth-order valence-electron chi connectivity index (χ4n) is 1.24. The topological polar surface area (TPSA) is 52.4 Å². The Morgan fingerprint density at radius 2 is 2.12 bits per heavy atom. The lowest BCUT2D eigenvalue weighted by Gasteiger charge is -2.12. The van der Waals surface area contributed by atoms with Gasteiger partial charge >= 0.3 is 6.61 Å². The Morgan fingerprint density at radius 1 is 1.50 bits per heavy atom. The third-order valence-electron chi connectivity index (χ3n) is 1.95. The Hall–Kier alpha value is -1.72. The first-order valence-electron chi connectivity index (χ1n) is 4.48. The average Bonchev–Trinajstić information content (AvgIpc) is 2.16. The lowest BCUT2D eigenvalue weighted by Crippen LogP contribution is -2.05. The van der Waals surface area contributed by atoms with Gasteiger partial charge < -0.3 is 4.74 Å². The highest BCUT2D eigenvalue weighted by Gasteiger charge is 2.16. The summed E-state index contributed by atoms with van der Waals surface area (Å²) in [5.41, 5.74) is 0.113. The van der Waals surface area contributed by atoms with Crippen LogP contribution >= 0.6 is 0 Å². The molecule has 0 aliphatic heterocycles. The van der Waals surface area contributed by atoms with Gasteiger partial charge in [-0.2, -0.15) is 8.78 Å². The van der Waals surface area contributed by atoms with Crippen LogP contribution in [0.3, 0.4) is 0 Å². The fraction of sp³-hybridized carbons (Fsp3) is 0.300. The third-order valence-corrected chi connectivity index (χ3v) is 1.95. The maximum atomic E-state index is 12.0. The molecule has 6 heteroatoms. The van der Waals surface area contributed by atoms with Crippen LogP contribution in [0, 0.1) is 17.0 Å². The molecule has 0 heterocycles. The number of rotatable bonds is 4. The van der Waals surface area contributed by atoms with Crippen LogP contribution in [0.25, 0.3) is 0 Å². The van der Waals surface area contributed by atoms with Crippen LogP contribution in [-0.4, -0.2) is 11.5 Å². The van der Waals surface area contributed by atoms with Crippen LogP contribution in [-0.2, 0) is 0 Å². The van der Waals surface area contributed by atoms with Gasteiger partial charge in [0, 0.05) is 17.7 Å². The Morgan fingerprint density at radius 3 is 2.56 bits per heavy atom. The number of hydrogen-bond acceptors (Lipinski definition) is 3. The van der Waals surface area contributed by atoms with Crippen molar-refractivity contribution in [3.05, 3.63) is 40.8 Å². The van der Waals surface area contributed by atoms with Gasteiger partial charge in [0.05, 0.1) is 4.92 Å². The summed E-state index contributed by atoms with van der Waals surface area (Å²) in [5.74, 6) is -0.461. The lowest BCUT2D eigenvalue weighted by molar-refractivity contribution is -0.385. The summed E-state index contributed by atoms with van der Waals surface area (Å²) in [6, 6.07) is 3.46. The molecule has 0 aliphatic carbocycles. The SMILES string of the molecule is [CH2]C(C)c1cc([N+](=O)[O-])ccc1OC(F)F. The van der Waals surface area contributed by atoms with Crippen LogP contribution in [0.5, 0.6) is 5.75 Å². The van der Waals surface area contributed by atoms with E-state index in [9.17, 15) is 18.9 Å². The highest BCUT2D eigenvalue weighted by Crippen LogP contribution is 2.30. The largest absolute Gasteiger partial charge is 0.435 e. The van der Waals surface area contributed by atoms with Crippen molar-refractivity contribution in [2.45, 2.75) is 19.5 Å². The normalized spacial score (nSPS) is 10.9.